The minimum Gasteiger partial charge on any atom is -0.389 e. The number of aliphatic hydroxyl groups excluding tert-OH is 1. The van der Waals surface area contributed by atoms with Crippen LogP contribution in [0, 0.1) is 0 Å². The molecule has 136 valence electrons. The van der Waals surface area contributed by atoms with Gasteiger partial charge >= 0.3 is 6.03 Å². The number of rotatable bonds is 6. The van der Waals surface area contributed by atoms with Crippen molar-refractivity contribution < 1.29 is 14.7 Å². The van der Waals surface area contributed by atoms with Crippen LogP contribution in [0.1, 0.15) is 13.8 Å². The fourth-order valence-corrected chi connectivity index (χ4v) is 3.04. The maximum atomic E-state index is 12.3. The van der Waals surface area contributed by atoms with E-state index >= 15 is 0 Å². The van der Waals surface area contributed by atoms with E-state index in [1.807, 2.05) is 65.6 Å². The van der Waals surface area contributed by atoms with Crippen LogP contribution in [0.4, 0.5) is 16.2 Å². The predicted molar refractivity (Wildman–Crippen MR) is 100 cm³/mol. The molecule has 2 N–H and O–H groups in total. The van der Waals surface area contributed by atoms with Gasteiger partial charge in [-0.3, -0.25) is 9.69 Å². The first-order valence-electron chi connectivity index (χ1n) is 8.58. The highest BCUT2D eigenvalue weighted by Gasteiger charge is 2.44. The maximum absolute atomic E-state index is 12.3. The van der Waals surface area contributed by atoms with E-state index in [9.17, 15) is 14.7 Å². The number of para-hydroxylation sites is 2. The molecule has 1 saturated heterocycles. The monoisotopic (exact) mass is 353 g/mol. The van der Waals surface area contributed by atoms with Crippen LogP contribution in [0.5, 0.6) is 0 Å². The van der Waals surface area contributed by atoms with Gasteiger partial charge in [0.2, 0.25) is 0 Å². The van der Waals surface area contributed by atoms with E-state index in [1.54, 1.807) is 13.8 Å². The third-order valence-corrected chi connectivity index (χ3v) is 4.37. The number of hydrogen-bond donors (Lipinski definition) is 2. The number of anilines is 2. The highest BCUT2D eigenvalue weighted by atomic mass is 16.3. The van der Waals surface area contributed by atoms with Gasteiger partial charge in [0.15, 0.2) is 0 Å². The summed E-state index contributed by atoms with van der Waals surface area (Å²) in [6, 6.07) is 18.9. The smallest absolute Gasteiger partial charge is 0.325 e. The van der Waals surface area contributed by atoms with E-state index in [-0.39, 0.29) is 19.0 Å². The number of aliphatic hydroxyl groups is 1. The number of carbonyl (C=O) groups is 2. The molecule has 6 nitrogen and oxygen atoms in total. The molecule has 1 fully saturated rings. The van der Waals surface area contributed by atoms with E-state index in [1.165, 1.54) is 0 Å². The molecule has 1 atom stereocenters. The molecule has 1 aliphatic heterocycles. The lowest BCUT2D eigenvalue weighted by Gasteiger charge is -2.29. The Hall–Kier alpha value is -2.86. The van der Waals surface area contributed by atoms with Crippen LogP contribution in [0.2, 0.25) is 0 Å². The fourth-order valence-electron chi connectivity index (χ4n) is 3.04. The van der Waals surface area contributed by atoms with Crippen molar-refractivity contribution in [1.82, 2.24) is 10.2 Å². The third kappa shape index (κ3) is 3.70. The molecule has 26 heavy (non-hydrogen) atoms. The van der Waals surface area contributed by atoms with E-state index in [4.69, 9.17) is 0 Å². The number of urea groups is 1. The fraction of sp³-hybridized carbons (Fsp3) is 0.300. The van der Waals surface area contributed by atoms with Gasteiger partial charge in [0, 0.05) is 11.4 Å². The minimum absolute atomic E-state index is 0.0513. The maximum Gasteiger partial charge on any atom is 0.325 e. The van der Waals surface area contributed by atoms with Crippen LogP contribution in [0.3, 0.4) is 0 Å². The molecule has 3 rings (SSSR count). The molecule has 0 unspecified atom stereocenters. The zero-order valence-electron chi connectivity index (χ0n) is 14.9. The number of nitrogens with zero attached hydrogens (tertiary/aromatic N) is 2. The second-order valence-corrected chi connectivity index (χ2v) is 6.91. The average molecular weight is 353 g/mol. The van der Waals surface area contributed by atoms with Gasteiger partial charge in [0.25, 0.3) is 5.91 Å². The van der Waals surface area contributed by atoms with Crippen LogP contribution in [-0.4, -0.2) is 46.7 Å². The Bertz CT molecular complexity index is 738. The van der Waals surface area contributed by atoms with Crippen LogP contribution in [0.15, 0.2) is 60.7 Å². The van der Waals surface area contributed by atoms with Crippen LogP contribution in [0.25, 0.3) is 0 Å². The zero-order chi connectivity index (χ0) is 18.7. The third-order valence-electron chi connectivity index (χ3n) is 4.37. The van der Waals surface area contributed by atoms with Gasteiger partial charge in [0.05, 0.1) is 19.2 Å². The van der Waals surface area contributed by atoms with Crippen molar-refractivity contribution in [3.8, 4) is 0 Å². The van der Waals surface area contributed by atoms with Crippen LogP contribution >= 0.6 is 0 Å². The summed E-state index contributed by atoms with van der Waals surface area (Å²) in [6.45, 7) is 3.51. The van der Waals surface area contributed by atoms with Gasteiger partial charge in [0.1, 0.15) is 5.54 Å². The molecule has 2 aromatic carbocycles. The molecule has 0 spiro atoms. The average Bonchev–Trinajstić information content (AvgIpc) is 2.83. The second-order valence-electron chi connectivity index (χ2n) is 6.91. The first-order valence-corrected chi connectivity index (χ1v) is 8.58. The lowest BCUT2D eigenvalue weighted by Crippen LogP contribution is -2.43. The summed E-state index contributed by atoms with van der Waals surface area (Å²) in [7, 11) is 0. The number of β-amino-alcohol motifs (C(OH)–C–C–N with tert-alkyl or cyclic N) is 1. The van der Waals surface area contributed by atoms with Crippen molar-refractivity contribution in [2.45, 2.75) is 25.5 Å². The van der Waals surface area contributed by atoms with Crippen molar-refractivity contribution in [2.24, 2.45) is 0 Å². The van der Waals surface area contributed by atoms with Crippen molar-refractivity contribution in [3.05, 3.63) is 60.7 Å². The molecule has 0 bridgehead atoms. The summed E-state index contributed by atoms with van der Waals surface area (Å²) in [4.78, 5) is 27.4. The molecule has 2 aromatic rings. The van der Waals surface area contributed by atoms with Crippen molar-refractivity contribution in [1.29, 1.82) is 0 Å². The topological polar surface area (TPSA) is 72.9 Å². The number of amides is 3. The number of benzene rings is 2. The standard InChI is InChI=1S/C20H23N3O3/c1-20(2)18(25)23(19(26)21-20)14-17(24)13-22(15-9-5-3-6-10-15)16-11-7-4-8-12-16/h3-12,17,24H,13-14H2,1-2H3,(H,21,26)/t17-/m1/s1. The summed E-state index contributed by atoms with van der Waals surface area (Å²) in [5, 5.41) is 13.2. The molecule has 1 heterocycles. The van der Waals surface area contributed by atoms with Crippen molar-refractivity contribution in [3.63, 3.8) is 0 Å². The van der Waals surface area contributed by atoms with E-state index in [0.29, 0.717) is 0 Å². The lowest BCUT2D eigenvalue weighted by molar-refractivity contribution is -0.131. The second kappa shape index (κ2) is 7.17. The van der Waals surface area contributed by atoms with Gasteiger partial charge in [-0.15, -0.1) is 0 Å². The van der Waals surface area contributed by atoms with E-state index in [0.717, 1.165) is 16.3 Å². The molecule has 0 radical (unpaired) electrons. The normalized spacial score (nSPS) is 17.1. The summed E-state index contributed by atoms with van der Waals surface area (Å²) in [6.07, 6.45) is -0.890. The highest BCUT2D eigenvalue weighted by molar-refractivity contribution is 6.06. The molecule has 6 heteroatoms. The molecule has 0 aromatic heterocycles. The van der Waals surface area contributed by atoms with Crippen molar-refractivity contribution >= 4 is 23.3 Å². The summed E-state index contributed by atoms with van der Waals surface area (Å²) in [5.74, 6) is -0.326. The SMILES string of the molecule is CC1(C)NC(=O)N(C[C@H](O)CN(c2ccccc2)c2ccccc2)C1=O. The predicted octanol–water partition coefficient (Wildman–Crippen LogP) is 2.52. The molecule has 1 aliphatic rings. The van der Waals surface area contributed by atoms with Gasteiger partial charge in [-0.05, 0) is 38.1 Å². The number of hydrogen-bond acceptors (Lipinski definition) is 4. The van der Waals surface area contributed by atoms with Crippen LogP contribution < -0.4 is 10.2 Å². The van der Waals surface area contributed by atoms with Gasteiger partial charge in [-0.25, -0.2) is 4.79 Å². The number of nitrogens with one attached hydrogen (secondary N) is 1. The Morgan fingerprint density at radius 3 is 1.92 bits per heavy atom. The summed E-state index contributed by atoms with van der Waals surface area (Å²) >= 11 is 0. The lowest BCUT2D eigenvalue weighted by atomic mass is 10.1. The Morgan fingerprint density at radius 1 is 1.00 bits per heavy atom. The molecule has 0 saturated carbocycles. The van der Waals surface area contributed by atoms with Crippen molar-refractivity contribution in [2.75, 3.05) is 18.0 Å². The Balaban J connectivity index is 1.77. The van der Waals surface area contributed by atoms with E-state index in [2.05, 4.69) is 5.32 Å². The van der Waals surface area contributed by atoms with Gasteiger partial charge < -0.3 is 15.3 Å². The number of carbonyl (C=O) groups excluding carboxylic acids is 2. The molecule has 3 amide bonds. The Labute approximate surface area is 153 Å². The summed E-state index contributed by atoms with van der Waals surface area (Å²) < 4.78 is 0. The van der Waals surface area contributed by atoms with E-state index < -0.39 is 17.7 Å². The zero-order valence-corrected chi connectivity index (χ0v) is 14.9. The largest absolute Gasteiger partial charge is 0.389 e. The quantitative estimate of drug-likeness (QED) is 0.783. The highest BCUT2D eigenvalue weighted by Crippen LogP contribution is 2.25. The molecule has 0 aliphatic carbocycles. The first kappa shape index (κ1) is 17.9. The molecular weight excluding hydrogens is 330 g/mol. The first-order chi connectivity index (χ1) is 12.4. The Morgan fingerprint density at radius 2 is 1.50 bits per heavy atom. The Kier molecular flexibility index (Phi) is 4.95. The van der Waals surface area contributed by atoms with Crippen LogP contribution in [-0.2, 0) is 4.79 Å². The summed E-state index contributed by atoms with van der Waals surface area (Å²) in [5.41, 5.74) is 0.917. The number of imide groups is 1. The minimum atomic E-state index is -0.935. The van der Waals surface area contributed by atoms with Gasteiger partial charge in [-0.2, -0.15) is 0 Å². The van der Waals surface area contributed by atoms with Gasteiger partial charge in [-0.1, -0.05) is 36.4 Å². The molecular formula is C20H23N3O3.